The molecule has 112 valence electrons. The van der Waals surface area contributed by atoms with Crippen LogP contribution in [-0.2, 0) is 16.1 Å². The van der Waals surface area contributed by atoms with Crippen molar-refractivity contribution in [2.45, 2.75) is 59.1 Å². The smallest absolute Gasteiger partial charge is 0.224 e. The molecule has 1 saturated heterocycles. The fourth-order valence-corrected chi connectivity index (χ4v) is 2.37. The first kappa shape index (κ1) is 15.0. The van der Waals surface area contributed by atoms with Gasteiger partial charge in [-0.1, -0.05) is 20.8 Å². The van der Waals surface area contributed by atoms with Crippen molar-refractivity contribution in [3.63, 3.8) is 0 Å². The Morgan fingerprint density at radius 1 is 1.50 bits per heavy atom. The van der Waals surface area contributed by atoms with Gasteiger partial charge in [0.15, 0.2) is 0 Å². The van der Waals surface area contributed by atoms with Gasteiger partial charge in [-0.3, -0.25) is 9.48 Å². The van der Waals surface area contributed by atoms with Crippen molar-refractivity contribution in [2.75, 3.05) is 11.9 Å². The van der Waals surface area contributed by atoms with E-state index in [4.69, 9.17) is 4.74 Å². The topological polar surface area (TPSA) is 56.2 Å². The molecule has 1 aliphatic heterocycles. The van der Waals surface area contributed by atoms with Crippen LogP contribution in [0.5, 0.6) is 0 Å². The third-order valence-corrected chi connectivity index (χ3v) is 3.27. The number of aromatic nitrogens is 2. The molecule has 1 aliphatic rings. The average Bonchev–Trinajstić information content (AvgIpc) is 2.75. The lowest BCUT2D eigenvalue weighted by molar-refractivity contribution is -0.117. The van der Waals surface area contributed by atoms with Crippen LogP contribution in [-0.4, -0.2) is 28.4 Å². The molecule has 1 fully saturated rings. The van der Waals surface area contributed by atoms with E-state index in [9.17, 15) is 4.79 Å². The number of hydrogen-bond donors (Lipinski definition) is 1. The van der Waals surface area contributed by atoms with Crippen LogP contribution in [0.25, 0.3) is 0 Å². The molecule has 5 heteroatoms. The van der Waals surface area contributed by atoms with E-state index in [1.165, 1.54) is 6.42 Å². The van der Waals surface area contributed by atoms with Gasteiger partial charge < -0.3 is 10.1 Å². The summed E-state index contributed by atoms with van der Waals surface area (Å²) in [6.07, 6.45) is 7.80. The molecule has 5 nitrogen and oxygen atoms in total. The summed E-state index contributed by atoms with van der Waals surface area (Å²) < 4.78 is 7.54. The van der Waals surface area contributed by atoms with Gasteiger partial charge in [-0.2, -0.15) is 5.10 Å². The van der Waals surface area contributed by atoms with Gasteiger partial charge >= 0.3 is 0 Å². The van der Waals surface area contributed by atoms with Gasteiger partial charge in [0, 0.05) is 19.2 Å². The lowest BCUT2D eigenvalue weighted by Crippen LogP contribution is -2.24. The minimum Gasteiger partial charge on any atom is -0.376 e. The van der Waals surface area contributed by atoms with Gasteiger partial charge in [0.1, 0.15) is 0 Å². The van der Waals surface area contributed by atoms with Gasteiger partial charge in [-0.25, -0.2) is 0 Å². The largest absolute Gasteiger partial charge is 0.376 e. The Kier molecular flexibility index (Phi) is 4.81. The average molecular weight is 279 g/mol. The lowest BCUT2D eigenvalue weighted by atomic mass is 9.92. The molecule has 2 heterocycles. The van der Waals surface area contributed by atoms with Crippen LogP contribution in [0.3, 0.4) is 0 Å². The van der Waals surface area contributed by atoms with E-state index in [-0.39, 0.29) is 17.4 Å². The SMILES string of the molecule is CC(C)(C)CC(=O)Nc1cnn(C[C@@H]2CCCCO2)c1. The maximum Gasteiger partial charge on any atom is 0.224 e. The van der Waals surface area contributed by atoms with Crippen LogP contribution < -0.4 is 5.32 Å². The molecule has 1 N–H and O–H groups in total. The van der Waals surface area contributed by atoms with Crippen LogP contribution in [0.4, 0.5) is 5.69 Å². The van der Waals surface area contributed by atoms with E-state index >= 15 is 0 Å². The van der Waals surface area contributed by atoms with Crippen LogP contribution >= 0.6 is 0 Å². The molecule has 1 atom stereocenters. The summed E-state index contributed by atoms with van der Waals surface area (Å²) in [7, 11) is 0. The highest BCUT2D eigenvalue weighted by Gasteiger charge is 2.17. The predicted molar refractivity (Wildman–Crippen MR) is 78.5 cm³/mol. The molecular formula is C15H25N3O2. The highest BCUT2D eigenvalue weighted by Crippen LogP contribution is 2.20. The summed E-state index contributed by atoms with van der Waals surface area (Å²) in [5, 5.41) is 7.17. The molecule has 0 unspecified atom stereocenters. The second-order valence-electron chi connectivity index (χ2n) is 6.73. The molecule has 2 rings (SSSR count). The van der Waals surface area contributed by atoms with Crippen molar-refractivity contribution in [3.05, 3.63) is 12.4 Å². The standard InChI is InChI=1S/C15H25N3O2/c1-15(2,3)8-14(19)17-12-9-16-18(10-12)11-13-6-4-5-7-20-13/h9-10,13H,4-8,11H2,1-3H3,(H,17,19)/t13-/m0/s1. The molecule has 1 aromatic heterocycles. The fourth-order valence-electron chi connectivity index (χ4n) is 2.37. The van der Waals surface area contributed by atoms with Gasteiger partial charge in [-0.15, -0.1) is 0 Å². The summed E-state index contributed by atoms with van der Waals surface area (Å²) in [4.78, 5) is 11.9. The van der Waals surface area contributed by atoms with Crippen LogP contribution in [0.2, 0.25) is 0 Å². The van der Waals surface area contributed by atoms with Gasteiger partial charge in [-0.05, 0) is 24.7 Å². The van der Waals surface area contributed by atoms with Gasteiger partial charge in [0.25, 0.3) is 0 Å². The Bertz CT molecular complexity index is 442. The van der Waals surface area contributed by atoms with E-state index in [1.54, 1.807) is 6.20 Å². The Labute approximate surface area is 120 Å². The highest BCUT2D eigenvalue weighted by molar-refractivity contribution is 5.90. The second kappa shape index (κ2) is 6.39. The fraction of sp³-hybridized carbons (Fsp3) is 0.733. The maximum atomic E-state index is 11.9. The van der Waals surface area contributed by atoms with Gasteiger partial charge in [0.05, 0.1) is 24.5 Å². The number of nitrogens with one attached hydrogen (secondary N) is 1. The van der Waals surface area contributed by atoms with E-state index < -0.39 is 0 Å². The Morgan fingerprint density at radius 2 is 2.30 bits per heavy atom. The molecular weight excluding hydrogens is 254 g/mol. The lowest BCUT2D eigenvalue weighted by Gasteiger charge is -2.22. The first-order chi connectivity index (χ1) is 9.42. The predicted octanol–water partition coefficient (Wildman–Crippen LogP) is 2.83. The summed E-state index contributed by atoms with van der Waals surface area (Å²) in [5.74, 6) is 0.0333. The van der Waals surface area contributed by atoms with Crippen molar-refractivity contribution in [1.29, 1.82) is 0 Å². The molecule has 20 heavy (non-hydrogen) atoms. The van der Waals surface area contributed by atoms with Crippen LogP contribution in [0.15, 0.2) is 12.4 Å². The molecule has 0 aromatic carbocycles. The number of ether oxygens (including phenoxy) is 1. The number of hydrogen-bond acceptors (Lipinski definition) is 3. The van der Waals surface area contributed by atoms with Crippen molar-refractivity contribution < 1.29 is 9.53 Å². The molecule has 0 spiro atoms. The zero-order valence-corrected chi connectivity index (χ0v) is 12.7. The molecule has 0 bridgehead atoms. The van der Waals surface area contributed by atoms with Crippen LogP contribution in [0, 0.1) is 5.41 Å². The van der Waals surface area contributed by atoms with Crippen LogP contribution in [0.1, 0.15) is 46.5 Å². The van der Waals surface area contributed by atoms with E-state index in [1.807, 2.05) is 10.9 Å². The normalized spacial score (nSPS) is 19.9. The third-order valence-electron chi connectivity index (χ3n) is 3.27. The Balaban J connectivity index is 1.84. The molecule has 0 saturated carbocycles. The summed E-state index contributed by atoms with van der Waals surface area (Å²) >= 11 is 0. The number of carbonyl (C=O) groups excluding carboxylic acids is 1. The quantitative estimate of drug-likeness (QED) is 0.922. The first-order valence-electron chi connectivity index (χ1n) is 7.36. The zero-order valence-electron chi connectivity index (χ0n) is 12.7. The van der Waals surface area contributed by atoms with Crippen molar-refractivity contribution >= 4 is 11.6 Å². The van der Waals surface area contributed by atoms with E-state index in [2.05, 4.69) is 31.2 Å². The molecule has 1 amide bonds. The minimum absolute atomic E-state index is 0.00395. The van der Waals surface area contributed by atoms with E-state index in [0.29, 0.717) is 6.42 Å². The summed E-state index contributed by atoms with van der Waals surface area (Å²) in [5.41, 5.74) is 0.755. The van der Waals surface area contributed by atoms with Crippen molar-refractivity contribution in [2.24, 2.45) is 5.41 Å². The highest BCUT2D eigenvalue weighted by atomic mass is 16.5. The summed E-state index contributed by atoms with van der Waals surface area (Å²) in [6, 6.07) is 0. The van der Waals surface area contributed by atoms with Crippen molar-refractivity contribution in [1.82, 2.24) is 9.78 Å². The van der Waals surface area contributed by atoms with Gasteiger partial charge in [0.2, 0.25) is 5.91 Å². The number of carbonyl (C=O) groups is 1. The molecule has 1 aromatic rings. The molecule has 0 radical (unpaired) electrons. The number of rotatable bonds is 4. The second-order valence-corrected chi connectivity index (χ2v) is 6.73. The summed E-state index contributed by atoms with van der Waals surface area (Å²) in [6.45, 7) is 7.76. The maximum absolute atomic E-state index is 11.9. The third kappa shape index (κ3) is 4.96. The number of nitrogens with zero attached hydrogens (tertiary/aromatic N) is 2. The number of amides is 1. The monoisotopic (exact) mass is 279 g/mol. The number of anilines is 1. The van der Waals surface area contributed by atoms with E-state index in [0.717, 1.165) is 31.7 Å². The molecule has 0 aliphatic carbocycles. The minimum atomic E-state index is -0.00395. The Morgan fingerprint density at radius 3 is 2.95 bits per heavy atom. The first-order valence-corrected chi connectivity index (χ1v) is 7.36. The zero-order chi connectivity index (χ0) is 14.6. The van der Waals surface area contributed by atoms with Crippen molar-refractivity contribution in [3.8, 4) is 0 Å². The Hall–Kier alpha value is -1.36.